The van der Waals surface area contributed by atoms with Gasteiger partial charge in [0.1, 0.15) is 0 Å². The van der Waals surface area contributed by atoms with E-state index in [1.54, 1.807) is 0 Å². The van der Waals surface area contributed by atoms with Crippen molar-refractivity contribution < 1.29 is 14.2 Å². The van der Waals surface area contributed by atoms with Crippen LogP contribution in [0.1, 0.15) is 20.8 Å². The number of benzene rings is 1. The molecule has 0 spiro atoms. The third-order valence-corrected chi connectivity index (χ3v) is 3.22. The summed E-state index contributed by atoms with van der Waals surface area (Å²) >= 11 is 0. The summed E-state index contributed by atoms with van der Waals surface area (Å²) in [6.45, 7) is 7.51. The molecule has 0 unspecified atom stereocenters. The number of ether oxygens (including phenoxy) is 3. The second kappa shape index (κ2) is 6.71. The predicted molar refractivity (Wildman–Crippen MR) is 70.7 cm³/mol. The standard InChI is InChI=1S/C12H16O3Si2/c1-4-13-8-7-9(16)12(17)11(15-6-3)10(8)14-5-2/h7H,4-6H2,1-3H3. The lowest BCUT2D eigenvalue weighted by atomic mass is 10.3. The summed E-state index contributed by atoms with van der Waals surface area (Å²) in [5.41, 5.74) is 0. The molecule has 0 atom stereocenters. The molecule has 1 aromatic rings. The van der Waals surface area contributed by atoms with Crippen LogP contribution in [0.4, 0.5) is 0 Å². The van der Waals surface area contributed by atoms with Crippen molar-refractivity contribution in [1.29, 1.82) is 0 Å². The smallest absolute Gasteiger partial charge is 0.203 e. The molecule has 0 aliphatic heterocycles. The molecule has 90 valence electrons. The Bertz CT molecular complexity index is 381. The molecule has 0 saturated carbocycles. The van der Waals surface area contributed by atoms with Crippen molar-refractivity contribution in [1.82, 2.24) is 0 Å². The summed E-state index contributed by atoms with van der Waals surface area (Å²) in [5.74, 6) is 2.00. The normalized spacial score (nSPS) is 10.2. The maximum atomic E-state index is 5.61. The van der Waals surface area contributed by atoms with E-state index >= 15 is 0 Å². The van der Waals surface area contributed by atoms with Gasteiger partial charge in [0.25, 0.3) is 0 Å². The van der Waals surface area contributed by atoms with Crippen LogP contribution in [0.2, 0.25) is 0 Å². The van der Waals surface area contributed by atoms with E-state index in [2.05, 4.69) is 20.5 Å². The lowest BCUT2D eigenvalue weighted by Crippen LogP contribution is -2.28. The Hall–Kier alpha value is -0.946. The van der Waals surface area contributed by atoms with Crippen LogP contribution in [0.25, 0.3) is 0 Å². The minimum absolute atomic E-state index is 0.562. The van der Waals surface area contributed by atoms with Gasteiger partial charge >= 0.3 is 0 Å². The summed E-state index contributed by atoms with van der Waals surface area (Å²) in [6, 6.07) is 1.87. The first-order valence-corrected chi connectivity index (χ1v) is 6.68. The first-order valence-electron chi connectivity index (χ1n) is 5.68. The van der Waals surface area contributed by atoms with Gasteiger partial charge in [0, 0.05) is 0 Å². The van der Waals surface area contributed by atoms with Gasteiger partial charge in [0.2, 0.25) is 5.75 Å². The van der Waals surface area contributed by atoms with Gasteiger partial charge in [-0.1, -0.05) is 5.19 Å². The molecule has 0 saturated heterocycles. The molecular formula is C12H16O3Si2. The summed E-state index contributed by atoms with van der Waals surface area (Å²) < 4.78 is 16.8. The number of rotatable bonds is 6. The van der Waals surface area contributed by atoms with Crippen molar-refractivity contribution >= 4 is 30.9 Å². The Labute approximate surface area is 109 Å². The molecule has 0 N–H and O–H groups in total. The van der Waals surface area contributed by atoms with Crippen molar-refractivity contribution in [3.05, 3.63) is 6.07 Å². The first-order chi connectivity index (χ1) is 8.15. The third kappa shape index (κ3) is 3.26. The van der Waals surface area contributed by atoms with Gasteiger partial charge in [-0.15, -0.1) is 0 Å². The highest BCUT2D eigenvalue weighted by molar-refractivity contribution is 6.50. The average Bonchev–Trinajstić information content (AvgIpc) is 2.30. The predicted octanol–water partition coefficient (Wildman–Crippen LogP) is 0.470. The van der Waals surface area contributed by atoms with E-state index in [1.807, 2.05) is 26.8 Å². The van der Waals surface area contributed by atoms with Crippen molar-refractivity contribution in [2.45, 2.75) is 20.8 Å². The monoisotopic (exact) mass is 264 g/mol. The molecule has 0 fully saturated rings. The van der Waals surface area contributed by atoms with Gasteiger partial charge in [-0.05, 0) is 32.0 Å². The van der Waals surface area contributed by atoms with Crippen LogP contribution in [0.15, 0.2) is 6.07 Å². The van der Waals surface area contributed by atoms with Crippen molar-refractivity contribution in [2.75, 3.05) is 19.8 Å². The molecule has 0 amide bonds. The van der Waals surface area contributed by atoms with Gasteiger partial charge < -0.3 is 14.2 Å². The Kier molecular flexibility index (Phi) is 5.57. The fraction of sp³-hybridized carbons (Fsp3) is 0.500. The number of hydrogen-bond donors (Lipinski definition) is 0. The molecular weight excluding hydrogens is 248 g/mol. The first kappa shape index (κ1) is 14.1. The molecule has 3 nitrogen and oxygen atoms in total. The van der Waals surface area contributed by atoms with E-state index in [0.29, 0.717) is 37.1 Å². The van der Waals surface area contributed by atoms with Crippen LogP contribution < -0.4 is 24.6 Å². The largest absolute Gasteiger partial charge is 0.490 e. The van der Waals surface area contributed by atoms with E-state index in [1.165, 1.54) is 0 Å². The van der Waals surface area contributed by atoms with Crippen LogP contribution in [-0.4, -0.2) is 40.3 Å². The zero-order chi connectivity index (χ0) is 12.8. The van der Waals surface area contributed by atoms with Crippen molar-refractivity contribution in [3.8, 4) is 17.2 Å². The second-order valence-electron chi connectivity index (χ2n) is 3.25. The maximum Gasteiger partial charge on any atom is 0.203 e. The second-order valence-corrected chi connectivity index (χ2v) is 4.29. The van der Waals surface area contributed by atoms with Crippen LogP contribution in [0.5, 0.6) is 17.2 Å². The molecule has 1 aromatic carbocycles. The molecule has 5 heteroatoms. The van der Waals surface area contributed by atoms with E-state index in [4.69, 9.17) is 14.2 Å². The van der Waals surface area contributed by atoms with Crippen LogP contribution >= 0.6 is 0 Å². The molecule has 0 heterocycles. The Morgan fingerprint density at radius 1 is 0.882 bits per heavy atom. The molecule has 17 heavy (non-hydrogen) atoms. The summed E-state index contributed by atoms with van der Waals surface area (Å²) in [7, 11) is 7.05. The molecule has 1 rings (SSSR count). The highest BCUT2D eigenvalue weighted by Crippen LogP contribution is 2.34. The van der Waals surface area contributed by atoms with Crippen LogP contribution in [0, 0.1) is 0 Å². The molecule has 6 radical (unpaired) electrons. The summed E-state index contributed by atoms with van der Waals surface area (Å²) in [4.78, 5) is 0. The quantitative estimate of drug-likeness (QED) is 0.699. The zero-order valence-electron chi connectivity index (χ0n) is 10.4. The van der Waals surface area contributed by atoms with Crippen LogP contribution in [-0.2, 0) is 0 Å². The van der Waals surface area contributed by atoms with Gasteiger partial charge in [-0.2, -0.15) is 0 Å². The van der Waals surface area contributed by atoms with E-state index in [-0.39, 0.29) is 0 Å². The number of hydrogen-bond acceptors (Lipinski definition) is 3. The lowest BCUT2D eigenvalue weighted by molar-refractivity contribution is 0.262. The Morgan fingerprint density at radius 2 is 1.41 bits per heavy atom. The Balaban J connectivity index is 3.29. The highest BCUT2D eigenvalue weighted by atomic mass is 28.2. The fourth-order valence-electron chi connectivity index (χ4n) is 1.44. The van der Waals surface area contributed by atoms with E-state index in [9.17, 15) is 0 Å². The fourth-order valence-corrected chi connectivity index (χ4v) is 1.94. The minimum atomic E-state index is 0.562. The van der Waals surface area contributed by atoms with Gasteiger partial charge in [0.05, 0.1) is 40.3 Å². The van der Waals surface area contributed by atoms with Gasteiger partial charge in [0.15, 0.2) is 11.5 Å². The summed E-state index contributed by atoms with van der Waals surface area (Å²) in [5, 5.41) is 1.70. The average molecular weight is 264 g/mol. The molecule has 0 aliphatic carbocycles. The Morgan fingerprint density at radius 3 is 1.94 bits per heavy atom. The van der Waals surface area contributed by atoms with Crippen molar-refractivity contribution in [3.63, 3.8) is 0 Å². The third-order valence-electron chi connectivity index (χ3n) is 2.08. The van der Waals surface area contributed by atoms with Crippen molar-refractivity contribution in [2.24, 2.45) is 0 Å². The zero-order valence-corrected chi connectivity index (χ0v) is 12.4. The van der Waals surface area contributed by atoms with E-state index < -0.39 is 0 Å². The SMILES string of the molecule is CCOc1cc([Si])c([Si])c(OCC)c1OCC. The lowest BCUT2D eigenvalue weighted by Gasteiger charge is -2.18. The maximum absolute atomic E-state index is 5.61. The van der Waals surface area contributed by atoms with Gasteiger partial charge in [-0.3, -0.25) is 0 Å². The van der Waals surface area contributed by atoms with Gasteiger partial charge in [-0.25, -0.2) is 0 Å². The van der Waals surface area contributed by atoms with E-state index in [0.717, 1.165) is 10.4 Å². The molecule has 0 aromatic heterocycles. The topological polar surface area (TPSA) is 27.7 Å². The molecule has 0 bridgehead atoms. The highest BCUT2D eigenvalue weighted by Gasteiger charge is 2.17. The summed E-state index contributed by atoms with van der Waals surface area (Å²) in [6.07, 6.45) is 0. The van der Waals surface area contributed by atoms with Crippen LogP contribution in [0.3, 0.4) is 0 Å². The minimum Gasteiger partial charge on any atom is -0.490 e. The molecule has 0 aliphatic rings.